The molecule has 11 nitrogen and oxygen atoms in total. The fourth-order valence-corrected chi connectivity index (χ4v) is 2.03. The zero-order valence-corrected chi connectivity index (χ0v) is 14.3. The van der Waals surface area contributed by atoms with Gasteiger partial charge in [-0.25, -0.2) is 4.79 Å². The van der Waals surface area contributed by atoms with Gasteiger partial charge in [0, 0.05) is 6.42 Å². The summed E-state index contributed by atoms with van der Waals surface area (Å²) in [7, 11) is 0. The Hall–Kier alpha value is -3.18. The lowest BCUT2D eigenvalue weighted by Crippen LogP contribution is -2.54. The molecule has 1 aromatic carbocycles. The van der Waals surface area contributed by atoms with Crippen molar-refractivity contribution in [2.45, 2.75) is 18.5 Å². The van der Waals surface area contributed by atoms with E-state index in [1.165, 1.54) is 24.3 Å². The van der Waals surface area contributed by atoms with E-state index in [2.05, 4.69) is 16.0 Å². The summed E-state index contributed by atoms with van der Waals surface area (Å²) >= 11 is 0. The maximum absolute atomic E-state index is 12.4. The van der Waals surface area contributed by atoms with Crippen LogP contribution in [0.2, 0.25) is 0 Å². The molecule has 0 aliphatic rings. The van der Waals surface area contributed by atoms with E-state index in [0.717, 1.165) is 0 Å². The number of phenolic OH excluding ortho intramolecular Hbond substituents is 1. The Bertz CT molecular complexity index is 678. The molecule has 0 spiro atoms. The molecule has 0 aliphatic carbocycles. The molecule has 0 aliphatic heterocycles. The van der Waals surface area contributed by atoms with Crippen molar-refractivity contribution in [2.75, 3.05) is 19.7 Å². The quantitative estimate of drug-likeness (QED) is 0.223. The van der Waals surface area contributed by atoms with Crippen molar-refractivity contribution in [1.29, 1.82) is 0 Å². The number of nitrogens with two attached hydrogens (primary N) is 1. The van der Waals surface area contributed by atoms with Crippen LogP contribution >= 0.6 is 0 Å². The molecule has 3 amide bonds. The van der Waals surface area contributed by atoms with E-state index in [0.29, 0.717) is 5.56 Å². The van der Waals surface area contributed by atoms with Crippen LogP contribution in [0, 0.1) is 0 Å². The minimum atomic E-state index is -1.53. The van der Waals surface area contributed by atoms with Gasteiger partial charge < -0.3 is 37.0 Å². The summed E-state index contributed by atoms with van der Waals surface area (Å²) in [6, 6.07) is 3.12. The molecule has 2 atom stereocenters. The lowest BCUT2D eigenvalue weighted by Gasteiger charge is -2.21. The van der Waals surface area contributed by atoms with Crippen molar-refractivity contribution in [1.82, 2.24) is 16.0 Å². The fraction of sp³-hybridized carbons (Fsp3) is 0.375. The van der Waals surface area contributed by atoms with Crippen LogP contribution in [-0.2, 0) is 25.6 Å². The summed E-state index contributed by atoms with van der Waals surface area (Å²) in [5.74, 6) is -3.50. The first-order valence-electron chi connectivity index (χ1n) is 7.94. The molecule has 148 valence electrons. The number of carbonyl (C=O) groups excluding carboxylic acids is 3. The summed E-state index contributed by atoms with van der Waals surface area (Å²) in [6.07, 6.45) is -0.0134. The Labute approximate surface area is 154 Å². The average molecular weight is 382 g/mol. The van der Waals surface area contributed by atoms with Gasteiger partial charge in [-0.1, -0.05) is 12.1 Å². The molecule has 27 heavy (non-hydrogen) atoms. The SMILES string of the molecule is NCC(=O)NCC(=O)NC(Cc1ccc(O)cc1)C(=O)NC(CO)C(=O)O. The minimum Gasteiger partial charge on any atom is -0.508 e. The number of amides is 3. The maximum Gasteiger partial charge on any atom is 0.328 e. The molecule has 0 heterocycles. The first kappa shape index (κ1) is 21.9. The number of aliphatic hydroxyl groups is 1. The Morgan fingerprint density at radius 3 is 2.15 bits per heavy atom. The van der Waals surface area contributed by atoms with E-state index >= 15 is 0 Å². The number of hydrogen-bond acceptors (Lipinski definition) is 7. The first-order chi connectivity index (χ1) is 12.8. The zero-order chi connectivity index (χ0) is 20.4. The largest absolute Gasteiger partial charge is 0.508 e. The van der Waals surface area contributed by atoms with Crippen LogP contribution in [0.15, 0.2) is 24.3 Å². The molecular formula is C16H22N4O7. The predicted octanol–water partition coefficient (Wildman–Crippen LogP) is -2.94. The number of carbonyl (C=O) groups is 4. The molecule has 2 unspecified atom stereocenters. The van der Waals surface area contributed by atoms with Gasteiger partial charge >= 0.3 is 5.97 Å². The smallest absolute Gasteiger partial charge is 0.328 e. The molecular weight excluding hydrogens is 360 g/mol. The van der Waals surface area contributed by atoms with Gasteiger partial charge in [0.2, 0.25) is 17.7 Å². The normalized spacial score (nSPS) is 12.5. The number of benzene rings is 1. The van der Waals surface area contributed by atoms with Crippen LogP contribution in [0.25, 0.3) is 0 Å². The highest BCUT2D eigenvalue weighted by Gasteiger charge is 2.26. The zero-order valence-electron chi connectivity index (χ0n) is 14.3. The van der Waals surface area contributed by atoms with Crippen molar-refractivity contribution >= 4 is 23.7 Å². The van der Waals surface area contributed by atoms with E-state index in [1.807, 2.05) is 0 Å². The molecule has 0 aromatic heterocycles. The lowest BCUT2D eigenvalue weighted by molar-refractivity contribution is -0.143. The molecule has 11 heteroatoms. The number of aromatic hydroxyl groups is 1. The molecule has 1 aromatic rings. The van der Waals surface area contributed by atoms with Crippen molar-refractivity contribution < 1.29 is 34.5 Å². The van der Waals surface area contributed by atoms with Crippen LogP contribution in [0.1, 0.15) is 5.56 Å². The van der Waals surface area contributed by atoms with E-state index in [9.17, 15) is 24.3 Å². The summed E-state index contributed by atoms with van der Waals surface area (Å²) in [4.78, 5) is 46.4. The van der Waals surface area contributed by atoms with Crippen molar-refractivity contribution in [3.05, 3.63) is 29.8 Å². The maximum atomic E-state index is 12.4. The molecule has 0 radical (unpaired) electrons. The molecule has 0 fully saturated rings. The molecule has 8 N–H and O–H groups in total. The second-order valence-electron chi connectivity index (χ2n) is 5.55. The number of rotatable bonds is 10. The second kappa shape index (κ2) is 10.7. The lowest BCUT2D eigenvalue weighted by atomic mass is 10.0. The van der Waals surface area contributed by atoms with Gasteiger partial charge in [0.1, 0.15) is 17.8 Å². The van der Waals surface area contributed by atoms with Gasteiger partial charge in [-0.3, -0.25) is 14.4 Å². The van der Waals surface area contributed by atoms with E-state index < -0.39 is 48.9 Å². The highest BCUT2D eigenvalue weighted by molar-refractivity contribution is 5.92. The number of phenols is 1. The monoisotopic (exact) mass is 382 g/mol. The molecule has 0 saturated heterocycles. The number of aliphatic carboxylic acids is 1. The third kappa shape index (κ3) is 7.71. The standard InChI is InChI=1S/C16H22N4O7/c17-6-13(23)18-7-14(24)19-11(5-9-1-3-10(22)4-2-9)15(25)20-12(8-21)16(26)27/h1-4,11-12,21-22H,5-8,17H2,(H,18,23)(H,19,24)(H,20,25)(H,26,27). The Balaban J connectivity index is 2.85. The summed E-state index contributed by atoms with van der Waals surface area (Å²) in [5.41, 5.74) is 5.69. The number of aliphatic hydroxyl groups excluding tert-OH is 1. The average Bonchev–Trinajstić information content (AvgIpc) is 2.64. The molecule has 0 saturated carbocycles. The number of carboxylic acids is 1. The topological polar surface area (TPSA) is 191 Å². The minimum absolute atomic E-state index is 0.0134. The van der Waals surface area contributed by atoms with Gasteiger partial charge in [0.05, 0.1) is 19.7 Å². The third-order valence-corrected chi connectivity index (χ3v) is 3.46. The predicted molar refractivity (Wildman–Crippen MR) is 92.5 cm³/mol. The summed E-state index contributed by atoms with van der Waals surface area (Å²) in [6.45, 7) is -1.55. The summed E-state index contributed by atoms with van der Waals surface area (Å²) < 4.78 is 0. The van der Waals surface area contributed by atoms with E-state index in [4.69, 9.17) is 15.9 Å². The Morgan fingerprint density at radius 2 is 1.63 bits per heavy atom. The third-order valence-electron chi connectivity index (χ3n) is 3.46. The fourth-order valence-electron chi connectivity index (χ4n) is 2.03. The number of hydrogen-bond donors (Lipinski definition) is 7. The number of nitrogens with one attached hydrogen (secondary N) is 3. The van der Waals surface area contributed by atoms with Crippen LogP contribution < -0.4 is 21.7 Å². The number of carboxylic acid groups (broad SMARTS) is 1. The van der Waals surface area contributed by atoms with E-state index in [-0.39, 0.29) is 18.7 Å². The first-order valence-corrected chi connectivity index (χ1v) is 7.94. The van der Waals surface area contributed by atoms with Crippen LogP contribution in [0.5, 0.6) is 5.75 Å². The second-order valence-corrected chi connectivity index (χ2v) is 5.55. The van der Waals surface area contributed by atoms with Crippen LogP contribution in [-0.4, -0.2) is 70.8 Å². The van der Waals surface area contributed by atoms with Crippen LogP contribution in [0.3, 0.4) is 0 Å². The molecule has 0 bridgehead atoms. The molecule has 1 rings (SSSR count). The Kier molecular flexibility index (Phi) is 8.69. The van der Waals surface area contributed by atoms with Gasteiger partial charge in [0.15, 0.2) is 0 Å². The van der Waals surface area contributed by atoms with Gasteiger partial charge in [0.25, 0.3) is 0 Å². The highest BCUT2D eigenvalue weighted by atomic mass is 16.4. The van der Waals surface area contributed by atoms with E-state index in [1.54, 1.807) is 0 Å². The van der Waals surface area contributed by atoms with Gasteiger partial charge in [-0.15, -0.1) is 0 Å². The van der Waals surface area contributed by atoms with Gasteiger partial charge in [-0.05, 0) is 17.7 Å². The summed E-state index contributed by atoms with van der Waals surface area (Å²) in [5, 5.41) is 34.0. The highest BCUT2D eigenvalue weighted by Crippen LogP contribution is 2.11. The van der Waals surface area contributed by atoms with Crippen molar-refractivity contribution in [3.63, 3.8) is 0 Å². The van der Waals surface area contributed by atoms with Crippen molar-refractivity contribution in [2.24, 2.45) is 5.73 Å². The van der Waals surface area contributed by atoms with Crippen LogP contribution in [0.4, 0.5) is 0 Å². The Morgan fingerprint density at radius 1 is 1.00 bits per heavy atom. The van der Waals surface area contributed by atoms with Gasteiger partial charge in [-0.2, -0.15) is 0 Å². The van der Waals surface area contributed by atoms with Crippen molar-refractivity contribution in [3.8, 4) is 5.75 Å².